The van der Waals surface area contributed by atoms with Crippen LogP contribution in [0, 0.1) is 11.6 Å². The normalized spacial score (nSPS) is 15.2. The van der Waals surface area contributed by atoms with E-state index in [1.807, 2.05) is 0 Å². The van der Waals surface area contributed by atoms with Gasteiger partial charge in [0.15, 0.2) is 9.84 Å². The first-order valence-corrected chi connectivity index (χ1v) is 9.67. The summed E-state index contributed by atoms with van der Waals surface area (Å²) in [6, 6.07) is 5.96. The second-order valence-electron chi connectivity index (χ2n) is 6.31. The van der Waals surface area contributed by atoms with E-state index < -0.39 is 68.3 Å². The largest absolute Gasteiger partial charge is 0.390 e. The van der Waals surface area contributed by atoms with Crippen molar-refractivity contribution in [1.29, 1.82) is 0 Å². The molecule has 2 aromatic rings. The van der Waals surface area contributed by atoms with E-state index in [1.54, 1.807) is 0 Å². The molecule has 0 radical (unpaired) electrons. The van der Waals surface area contributed by atoms with E-state index in [4.69, 9.17) is 0 Å². The van der Waals surface area contributed by atoms with Crippen LogP contribution in [0.15, 0.2) is 48.5 Å². The predicted molar refractivity (Wildman–Crippen MR) is 88.5 cm³/mol. The van der Waals surface area contributed by atoms with Gasteiger partial charge in [-0.3, -0.25) is 0 Å². The van der Waals surface area contributed by atoms with Crippen LogP contribution in [0.5, 0.6) is 0 Å². The molecular formula is C18H14F8O2S. The molecule has 2 atom stereocenters. The first kappa shape index (κ1) is 23.1. The quantitative estimate of drug-likeness (QED) is 0.505. The number of benzene rings is 2. The molecule has 0 saturated carbocycles. The van der Waals surface area contributed by atoms with Gasteiger partial charge in [0.2, 0.25) is 0 Å². The van der Waals surface area contributed by atoms with Gasteiger partial charge in [-0.1, -0.05) is 24.3 Å². The van der Waals surface area contributed by atoms with Crippen molar-refractivity contribution in [3.8, 4) is 0 Å². The molecule has 11 heteroatoms. The Morgan fingerprint density at radius 3 is 1.14 bits per heavy atom. The summed E-state index contributed by atoms with van der Waals surface area (Å²) in [5.74, 6) is -1.72. The van der Waals surface area contributed by atoms with Gasteiger partial charge in [-0.05, 0) is 35.4 Å². The van der Waals surface area contributed by atoms with Gasteiger partial charge in [-0.15, -0.1) is 0 Å². The SMILES string of the molecule is O=S(=O)(C(CC(F)(F)F)c1ccc(F)cc1)C(CC(F)(F)F)c1ccc(F)cc1. The summed E-state index contributed by atoms with van der Waals surface area (Å²) in [5, 5.41) is -4.80. The highest BCUT2D eigenvalue weighted by atomic mass is 32.2. The Labute approximate surface area is 161 Å². The monoisotopic (exact) mass is 446 g/mol. The summed E-state index contributed by atoms with van der Waals surface area (Å²) >= 11 is 0. The van der Waals surface area contributed by atoms with Crippen molar-refractivity contribution in [3.63, 3.8) is 0 Å². The van der Waals surface area contributed by atoms with Crippen LogP contribution < -0.4 is 0 Å². The number of sulfone groups is 1. The van der Waals surface area contributed by atoms with Crippen molar-refractivity contribution in [3.05, 3.63) is 71.3 Å². The van der Waals surface area contributed by atoms with E-state index >= 15 is 0 Å². The molecule has 0 aliphatic carbocycles. The van der Waals surface area contributed by atoms with Gasteiger partial charge in [0, 0.05) is 0 Å². The Bertz CT molecular complexity index is 845. The topological polar surface area (TPSA) is 34.1 Å². The summed E-state index contributed by atoms with van der Waals surface area (Å²) in [6.07, 6.45) is -14.0. The fraction of sp³-hybridized carbons (Fsp3) is 0.333. The van der Waals surface area contributed by atoms with Crippen LogP contribution >= 0.6 is 0 Å². The van der Waals surface area contributed by atoms with E-state index in [0.717, 1.165) is 24.3 Å². The van der Waals surface area contributed by atoms with Gasteiger partial charge in [0.05, 0.1) is 23.3 Å². The highest BCUT2D eigenvalue weighted by molar-refractivity contribution is 7.91. The van der Waals surface area contributed by atoms with E-state index in [9.17, 15) is 43.5 Å². The Balaban J connectivity index is 2.61. The van der Waals surface area contributed by atoms with E-state index in [2.05, 4.69) is 0 Å². The van der Waals surface area contributed by atoms with Crippen LogP contribution in [0.2, 0.25) is 0 Å². The zero-order valence-electron chi connectivity index (χ0n) is 14.4. The number of hydrogen-bond donors (Lipinski definition) is 0. The summed E-state index contributed by atoms with van der Waals surface area (Å²) in [6.45, 7) is 0. The molecular weight excluding hydrogens is 432 g/mol. The second kappa shape index (κ2) is 8.29. The molecule has 0 heterocycles. The van der Waals surface area contributed by atoms with Crippen molar-refractivity contribution in [2.45, 2.75) is 35.7 Å². The van der Waals surface area contributed by atoms with Crippen LogP contribution in [-0.2, 0) is 9.84 Å². The van der Waals surface area contributed by atoms with Gasteiger partial charge in [0.1, 0.15) is 11.6 Å². The summed E-state index contributed by atoms with van der Waals surface area (Å²) < 4.78 is 130. The highest BCUT2D eigenvalue weighted by Crippen LogP contribution is 2.45. The van der Waals surface area contributed by atoms with Crippen LogP contribution in [0.3, 0.4) is 0 Å². The van der Waals surface area contributed by atoms with Gasteiger partial charge >= 0.3 is 12.4 Å². The fourth-order valence-corrected chi connectivity index (χ4v) is 5.13. The van der Waals surface area contributed by atoms with Gasteiger partial charge < -0.3 is 0 Å². The molecule has 0 N–H and O–H groups in total. The molecule has 0 spiro atoms. The summed E-state index contributed by atoms with van der Waals surface area (Å²) in [7, 11) is -5.15. The average Bonchev–Trinajstić information content (AvgIpc) is 2.58. The molecule has 2 aromatic carbocycles. The average molecular weight is 446 g/mol. The van der Waals surface area contributed by atoms with Gasteiger partial charge in [-0.2, -0.15) is 26.3 Å². The maximum absolute atomic E-state index is 13.1. The van der Waals surface area contributed by atoms with Crippen LogP contribution in [0.25, 0.3) is 0 Å². The maximum Gasteiger partial charge on any atom is 0.390 e. The Hall–Kier alpha value is -2.17. The first-order chi connectivity index (χ1) is 13.2. The third-order valence-electron chi connectivity index (χ3n) is 4.11. The standard InChI is InChI=1S/C18H14F8O2S/c19-13-5-1-11(2-6-13)15(9-17(21,22)23)29(27,28)16(10-18(24,25)26)12-3-7-14(20)8-4-12/h1-8,15-16H,9-10H2. The molecule has 0 aromatic heterocycles. The third-order valence-corrected chi connectivity index (χ3v) is 6.57. The number of alkyl halides is 6. The lowest BCUT2D eigenvalue weighted by molar-refractivity contribution is -0.136. The van der Waals surface area contributed by atoms with E-state index in [0.29, 0.717) is 24.3 Å². The molecule has 0 aliphatic heterocycles. The minimum Gasteiger partial charge on any atom is -0.228 e. The van der Waals surface area contributed by atoms with Crippen LogP contribution in [-0.4, -0.2) is 20.8 Å². The Morgan fingerprint density at radius 1 is 0.621 bits per heavy atom. The van der Waals surface area contributed by atoms with Crippen molar-refractivity contribution in [2.75, 3.05) is 0 Å². The molecule has 0 aliphatic rings. The lowest BCUT2D eigenvalue weighted by atomic mass is 10.1. The lowest BCUT2D eigenvalue weighted by Gasteiger charge is -2.27. The Kier molecular flexibility index (Phi) is 6.61. The minimum absolute atomic E-state index is 0.502. The molecule has 2 unspecified atom stereocenters. The van der Waals surface area contributed by atoms with Crippen molar-refractivity contribution in [1.82, 2.24) is 0 Å². The van der Waals surface area contributed by atoms with Crippen molar-refractivity contribution in [2.24, 2.45) is 0 Å². The third kappa shape index (κ3) is 6.41. The van der Waals surface area contributed by atoms with Crippen LogP contribution in [0.4, 0.5) is 35.1 Å². The number of halogens is 8. The smallest absolute Gasteiger partial charge is 0.228 e. The first-order valence-electron chi connectivity index (χ1n) is 8.06. The second-order valence-corrected chi connectivity index (χ2v) is 8.62. The van der Waals surface area contributed by atoms with Crippen molar-refractivity contribution < 1.29 is 43.5 Å². The van der Waals surface area contributed by atoms with E-state index in [-0.39, 0.29) is 0 Å². The molecule has 29 heavy (non-hydrogen) atoms. The Morgan fingerprint density at radius 2 is 0.897 bits per heavy atom. The molecule has 0 fully saturated rings. The van der Waals surface area contributed by atoms with Crippen LogP contribution in [0.1, 0.15) is 34.5 Å². The highest BCUT2D eigenvalue weighted by Gasteiger charge is 2.47. The van der Waals surface area contributed by atoms with E-state index in [1.165, 1.54) is 0 Å². The predicted octanol–water partition coefficient (Wildman–Crippen LogP) is 6.07. The molecule has 2 rings (SSSR count). The molecule has 0 bridgehead atoms. The molecule has 0 amide bonds. The zero-order valence-corrected chi connectivity index (χ0v) is 15.3. The summed E-state index contributed by atoms with van der Waals surface area (Å²) in [5.41, 5.74) is -1.00. The van der Waals surface area contributed by atoms with Crippen molar-refractivity contribution >= 4 is 9.84 Å². The lowest BCUT2D eigenvalue weighted by Crippen LogP contribution is -2.28. The molecule has 2 nitrogen and oxygen atoms in total. The maximum atomic E-state index is 13.1. The molecule has 0 saturated heterocycles. The summed E-state index contributed by atoms with van der Waals surface area (Å²) in [4.78, 5) is 0. The van der Waals surface area contributed by atoms with Gasteiger partial charge in [-0.25, -0.2) is 17.2 Å². The number of hydrogen-bond acceptors (Lipinski definition) is 2. The minimum atomic E-state index is -5.15. The van der Waals surface area contributed by atoms with Gasteiger partial charge in [0.25, 0.3) is 0 Å². The fourth-order valence-electron chi connectivity index (χ4n) is 2.82. The number of rotatable bonds is 6. The molecule has 160 valence electrons. The zero-order chi connectivity index (χ0) is 22.0.